The second-order valence-corrected chi connectivity index (χ2v) is 9.81. The summed E-state index contributed by atoms with van der Waals surface area (Å²) in [6.07, 6.45) is 2.22. The number of piperazine rings is 1. The zero-order chi connectivity index (χ0) is 26.5. The number of hydrogen-bond acceptors (Lipinski definition) is 7. The van der Waals surface area contributed by atoms with Crippen molar-refractivity contribution in [1.29, 1.82) is 0 Å². The third-order valence-corrected chi connectivity index (χ3v) is 6.99. The van der Waals surface area contributed by atoms with Gasteiger partial charge < -0.3 is 20.9 Å². The summed E-state index contributed by atoms with van der Waals surface area (Å²) in [4.78, 5) is 37.9. The van der Waals surface area contributed by atoms with Gasteiger partial charge in [-0.25, -0.2) is 9.97 Å². The Hall–Kier alpha value is -4.30. The van der Waals surface area contributed by atoms with E-state index in [1.807, 2.05) is 30.3 Å². The van der Waals surface area contributed by atoms with Crippen LogP contribution in [0.15, 0.2) is 73.1 Å². The van der Waals surface area contributed by atoms with Crippen molar-refractivity contribution >= 4 is 34.1 Å². The third kappa shape index (κ3) is 5.98. The Morgan fingerprint density at radius 1 is 0.868 bits per heavy atom. The van der Waals surface area contributed by atoms with E-state index in [2.05, 4.69) is 56.4 Å². The number of primary amides is 1. The minimum atomic E-state index is -0.524. The van der Waals surface area contributed by atoms with Crippen LogP contribution in [0.5, 0.6) is 0 Å². The number of nitrogens with one attached hydrogen (secondary N) is 1. The fourth-order valence-electron chi connectivity index (χ4n) is 4.87. The fourth-order valence-corrected chi connectivity index (χ4v) is 4.87. The van der Waals surface area contributed by atoms with Crippen LogP contribution in [0.2, 0.25) is 0 Å². The SMILES string of the molecule is CN1CCN(c2ccc(CC(=O)Cc3cccc(CNc4ncnc5c(C(N)=O)cccc45)c3)cc2)CC1. The van der Waals surface area contributed by atoms with Gasteiger partial charge >= 0.3 is 0 Å². The number of carbonyl (C=O) groups is 2. The highest BCUT2D eigenvalue weighted by molar-refractivity contribution is 6.06. The van der Waals surface area contributed by atoms with Crippen molar-refractivity contribution < 1.29 is 9.59 Å². The maximum atomic E-state index is 12.8. The molecule has 0 atom stereocenters. The van der Waals surface area contributed by atoms with Crippen LogP contribution in [-0.4, -0.2) is 59.8 Å². The number of ketones is 1. The van der Waals surface area contributed by atoms with Gasteiger partial charge in [0, 0.05) is 56.6 Å². The molecular formula is C30H32N6O2. The maximum Gasteiger partial charge on any atom is 0.250 e. The second kappa shape index (κ2) is 11.4. The molecule has 0 saturated carbocycles. The van der Waals surface area contributed by atoms with Crippen molar-refractivity contribution in [3.63, 3.8) is 0 Å². The summed E-state index contributed by atoms with van der Waals surface area (Å²) in [7, 11) is 2.15. The van der Waals surface area contributed by atoms with Crippen LogP contribution >= 0.6 is 0 Å². The summed E-state index contributed by atoms with van der Waals surface area (Å²) in [6.45, 7) is 4.72. The van der Waals surface area contributed by atoms with Crippen molar-refractivity contribution in [2.24, 2.45) is 5.73 Å². The molecule has 1 fully saturated rings. The minimum Gasteiger partial charge on any atom is -0.369 e. The molecule has 1 saturated heterocycles. The normalized spacial score (nSPS) is 14.0. The van der Waals surface area contributed by atoms with Gasteiger partial charge in [0.2, 0.25) is 0 Å². The number of para-hydroxylation sites is 1. The van der Waals surface area contributed by atoms with Crippen LogP contribution in [0.25, 0.3) is 10.9 Å². The van der Waals surface area contributed by atoms with Crippen LogP contribution in [0.3, 0.4) is 0 Å². The van der Waals surface area contributed by atoms with Gasteiger partial charge in [-0.2, -0.15) is 0 Å². The summed E-state index contributed by atoms with van der Waals surface area (Å²) < 4.78 is 0. The van der Waals surface area contributed by atoms with E-state index in [4.69, 9.17) is 5.73 Å². The van der Waals surface area contributed by atoms with Crippen molar-refractivity contribution in [3.8, 4) is 0 Å². The lowest BCUT2D eigenvalue weighted by Gasteiger charge is -2.34. The summed E-state index contributed by atoms with van der Waals surface area (Å²) in [5.41, 5.74) is 10.6. The molecule has 3 N–H and O–H groups in total. The van der Waals surface area contributed by atoms with E-state index < -0.39 is 5.91 Å². The number of carbonyl (C=O) groups excluding carboxylic acids is 2. The topological polar surface area (TPSA) is 104 Å². The quantitative estimate of drug-likeness (QED) is 0.357. The van der Waals surface area contributed by atoms with Gasteiger partial charge in [-0.05, 0) is 48.0 Å². The van der Waals surface area contributed by atoms with Gasteiger partial charge in [-0.3, -0.25) is 9.59 Å². The zero-order valence-corrected chi connectivity index (χ0v) is 21.6. The molecule has 0 unspecified atom stereocenters. The average molecular weight is 509 g/mol. The molecule has 38 heavy (non-hydrogen) atoms. The number of amides is 1. The molecular weight excluding hydrogens is 476 g/mol. The predicted molar refractivity (Wildman–Crippen MR) is 150 cm³/mol. The van der Waals surface area contributed by atoms with E-state index in [0.29, 0.717) is 36.3 Å². The number of rotatable bonds is 9. The first-order chi connectivity index (χ1) is 18.5. The van der Waals surface area contributed by atoms with E-state index in [0.717, 1.165) is 48.3 Å². The number of nitrogens with two attached hydrogens (primary N) is 1. The number of nitrogens with zero attached hydrogens (tertiary/aromatic N) is 4. The van der Waals surface area contributed by atoms with Crippen molar-refractivity contribution in [3.05, 3.63) is 95.3 Å². The first-order valence-corrected chi connectivity index (χ1v) is 12.9. The Kier molecular flexibility index (Phi) is 7.60. The number of hydrogen-bond donors (Lipinski definition) is 2. The molecule has 194 valence electrons. The second-order valence-electron chi connectivity index (χ2n) is 9.81. The number of aromatic nitrogens is 2. The highest BCUT2D eigenvalue weighted by Crippen LogP contribution is 2.23. The molecule has 1 aromatic heterocycles. The molecule has 4 aromatic rings. The lowest BCUT2D eigenvalue weighted by molar-refractivity contribution is -0.117. The summed E-state index contributed by atoms with van der Waals surface area (Å²) in [5.74, 6) is 0.284. The Morgan fingerprint density at radius 2 is 1.58 bits per heavy atom. The number of Topliss-reactive ketones (excluding diaryl/α,β-unsaturated/α-hetero) is 1. The van der Waals surface area contributed by atoms with Crippen molar-refractivity contribution in [1.82, 2.24) is 14.9 Å². The molecule has 3 aromatic carbocycles. The molecule has 1 amide bonds. The summed E-state index contributed by atoms with van der Waals surface area (Å²) >= 11 is 0. The summed E-state index contributed by atoms with van der Waals surface area (Å²) in [5, 5.41) is 4.06. The maximum absolute atomic E-state index is 12.8. The van der Waals surface area contributed by atoms with Crippen LogP contribution in [0.4, 0.5) is 11.5 Å². The fraction of sp³-hybridized carbons (Fsp3) is 0.267. The highest BCUT2D eigenvalue weighted by atomic mass is 16.1. The van der Waals surface area contributed by atoms with Crippen molar-refractivity contribution in [2.45, 2.75) is 19.4 Å². The van der Waals surface area contributed by atoms with Gasteiger partial charge in [0.25, 0.3) is 5.91 Å². The Bertz CT molecular complexity index is 1450. The van der Waals surface area contributed by atoms with E-state index in [1.54, 1.807) is 12.1 Å². The van der Waals surface area contributed by atoms with Gasteiger partial charge in [0.1, 0.15) is 17.9 Å². The first kappa shape index (κ1) is 25.4. The Morgan fingerprint density at radius 3 is 2.34 bits per heavy atom. The van der Waals surface area contributed by atoms with E-state index >= 15 is 0 Å². The smallest absolute Gasteiger partial charge is 0.250 e. The number of fused-ring (bicyclic) bond motifs is 1. The molecule has 0 bridgehead atoms. The van der Waals surface area contributed by atoms with Crippen LogP contribution in [-0.2, 0) is 24.2 Å². The molecule has 0 spiro atoms. The highest BCUT2D eigenvalue weighted by Gasteiger charge is 2.15. The van der Waals surface area contributed by atoms with Gasteiger partial charge in [0.15, 0.2) is 0 Å². The van der Waals surface area contributed by atoms with Gasteiger partial charge in [-0.15, -0.1) is 0 Å². The van der Waals surface area contributed by atoms with Crippen LogP contribution < -0.4 is 16.0 Å². The van der Waals surface area contributed by atoms with E-state index in [9.17, 15) is 9.59 Å². The standard InChI is InChI=1S/C30H32N6O2/c1-35-12-14-36(15-13-35)24-10-8-21(9-11-24)17-25(37)18-22-4-2-5-23(16-22)19-32-30-27-7-3-6-26(29(31)38)28(27)33-20-34-30/h2-11,16,20H,12-15,17-19H2,1H3,(H2,31,38)(H,32,33,34). The van der Waals surface area contributed by atoms with Gasteiger partial charge in [-0.1, -0.05) is 42.5 Å². The molecule has 0 aliphatic carbocycles. The number of likely N-dealkylation sites (N-methyl/N-ethyl adjacent to an activating group) is 1. The molecule has 1 aliphatic heterocycles. The predicted octanol–water partition coefficient (Wildman–Crippen LogP) is 3.45. The Balaban J connectivity index is 1.19. The van der Waals surface area contributed by atoms with Gasteiger partial charge in [0.05, 0.1) is 11.1 Å². The van der Waals surface area contributed by atoms with Crippen LogP contribution in [0.1, 0.15) is 27.0 Å². The molecule has 5 rings (SSSR count). The number of benzene rings is 3. The van der Waals surface area contributed by atoms with E-state index in [1.165, 1.54) is 12.0 Å². The zero-order valence-electron chi connectivity index (χ0n) is 21.6. The average Bonchev–Trinajstić information content (AvgIpc) is 2.92. The molecule has 8 heteroatoms. The molecule has 2 heterocycles. The third-order valence-electron chi connectivity index (χ3n) is 6.99. The largest absolute Gasteiger partial charge is 0.369 e. The minimum absolute atomic E-state index is 0.184. The van der Waals surface area contributed by atoms with Crippen LogP contribution in [0, 0.1) is 0 Å². The lowest BCUT2D eigenvalue weighted by atomic mass is 10.0. The first-order valence-electron chi connectivity index (χ1n) is 12.9. The van der Waals surface area contributed by atoms with E-state index in [-0.39, 0.29) is 5.78 Å². The number of anilines is 2. The molecule has 1 aliphatic rings. The monoisotopic (exact) mass is 508 g/mol. The van der Waals surface area contributed by atoms with Crippen molar-refractivity contribution in [2.75, 3.05) is 43.4 Å². The Labute approximate surface area is 222 Å². The molecule has 8 nitrogen and oxygen atoms in total. The molecule has 0 radical (unpaired) electrons. The summed E-state index contributed by atoms with van der Waals surface area (Å²) in [6, 6.07) is 21.7. The lowest BCUT2D eigenvalue weighted by Crippen LogP contribution is -2.44.